The molecule has 1 saturated carbocycles. The van der Waals surface area contributed by atoms with Gasteiger partial charge in [-0.05, 0) is 24.3 Å². The van der Waals surface area contributed by atoms with Gasteiger partial charge in [-0.15, -0.1) is 12.6 Å². The molecular formula is C13H18OSSi. The first-order valence-corrected chi connectivity index (χ1v) is 7.47. The van der Waals surface area contributed by atoms with Gasteiger partial charge in [-0.3, -0.25) is 4.79 Å². The third-order valence-corrected chi connectivity index (χ3v) is 4.63. The van der Waals surface area contributed by atoms with Gasteiger partial charge >= 0.3 is 0 Å². The van der Waals surface area contributed by atoms with Gasteiger partial charge in [0.2, 0.25) is 5.12 Å². The van der Waals surface area contributed by atoms with Gasteiger partial charge in [0.15, 0.2) is 0 Å². The van der Waals surface area contributed by atoms with Gasteiger partial charge in [-0.2, -0.15) is 0 Å². The van der Waals surface area contributed by atoms with Gasteiger partial charge in [0.1, 0.15) is 0 Å². The van der Waals surface area contributed by atoms with E-state index in [1.54, 1.807) is 0 Å². The summed E-state index contributed by atoms with van der Waals surface area (Å²) in [5.41, 5.74) is 2.23. The van der Waals surface area contributed by atoms with Gasteiger partial charge in [0.05, 0.1) is 0 Å². The molecule has 0 heterocycles. The molecule has 0 radical (unpaired) electrons. The van der Waals surface area contributed by atoms with Crippen LogP contribution in [-0.2, 0) is 0 Å². The van der Waals surface area contributed by atoms with E-state index in [4.69, 9.17) is 0 Å². The normalized spacial score (nSPS) is 17.6. The minimum atomic E-state index is -0.0970. The molecule has 0 saturated heterocycles. The standard InChI is InChI=1S/C13H18OSSi/c14-13(15)11-7-6-10(8-12(11)16)9-4-2-1-3-5-9/h6-9H,1-5H2,16H3,(H,14,15). The molecule has 1 aliphatic carbocycles. The van der Waals surface area contributed by atoms with Crippen molar-refractivity contribution >= 4 is 33.2 Å². The molecule has 1 aromatic rings. The number of hydrogen-bond donors (Lipinski definition) is 1. The van der Waals surface area contributed by atoms with Crippen LogP contribution in [0.2, 0.25) is 0 Å². The van der Waals surface area contributed by atoms with E-state index in [1.165, 1.54) is 42.9 Å². The minimum Gasteiger partial charge on any atom is -0.282 e. The molecule has 1 nitrogen and oxygen atoms in total. The van der Waals surface area contributed by atoms with Crippen molar-refractivity contribution in [3.8, 4) is 0 Å². The van der Waals surface area contributed by atoms with E-state index < -0.39 is 0 Å². The topological polar surface area (TPSA) is 17.1 Å². The Kier molecular flexibility index (Phi) is 3.87. The Hall–Kier alpha value is -0.543. The lowest BCUT2D eigenvalue weighted by atomic mass is 9.84. The second-order valence-corrected chi connectivity index (χ2v) is 6.20. The molecule has 1 aromatic carbocycles. The Morgan fingerprint density at radius 3 is 2.50 bits per heavy atom. The first kappa shape index (κ1) is 11.9. The van der Waals surface area contributed by atoms with Crippen LogP contribution in [0.5, 0.6) is 0 Å². The van der Waals surface area contributed by atoms with E-state index in [0.717, 1.165) is 21.7 Å². The van der Waals surface area contributed by atoms with E-state index in [-0.39, 0.29) is 5.12 Å². The quantitative estimate of drug-likeness (QED) is 0.625. The summed E-state index contributed by atoms with van der Waals surface area (Å²) in [4.78, 5) is 11.2. The van der Waals surface area contributed by atoms with Crippen LogP contribution in [0.1, 0.15) is 53.9 Å². The molecule has 86 valence electrons. The third kappa shape index (κ3) is 2.58. The van der Waals surface area contributed by atoms with Gasteiger partial charge < -0.3 is 0 Å². The second-order valence-electron chi connectivity index (χ2n) is 4.71. The molecule has 1 aliphatic rings. The zero-order valence-electron chi connectivity index (χ0n) is 9.70. The molecule has 0 amide bonds. The highest BCUT2D eigenvalue weighted by atomic mass is 32.1. The van der Waals surface area contributed by atoms with Crippen LogP contribution >= 0.6 is 12.6 Å². The fourth-order valence-electron chi connectivity index (χ4n) is 2.62. The lowest BCUT2D eigenvalue weighted by Crippen LogP contribution is -2.15. The summed E-state index contributed by atoms with van der Waals surface area (Å²) >= 11 is 3.90. The Bertz CT molecular complexity index is 397. The molecule has 3 heteroatoms. The average molecular weight is 250 g/mol. The summed E-state index contributed by atoms with van der Waals surface area (Å²) in [7, 11) is 0.923. The Labute approximate surface area is 105 Å². The van der Waals surface area contributed by atoms with Crippen molar-refractivity contribution in [2.75, 3.05) is 0 Å². The zero-order chi connectivity index (χ0) is 11.5. The Morgan fingerprint density at radius 2 is 1.94 bits per heavy atom. The van der Waals surface area contributed by atoms with Crippen LogP contribution in [0.25, 0.3) is 0 Å². The van der Waals surface area contributed by atoms with Crippen molar-refractivity contribution in [1.29, 1.82) is 0 Å². The fourth-order valence-corrected chi connectivity index (χ4v) is 3.81. The van der Waals surface area contributed by atoms with E-state index in [2.05, 4.69) is 24.8 Å². The number of carbonyl (C=O) groups excluding carboxylic acids is 1. The summed E-state index contributed by atoms with van der Waals surface area (Å²) in [6.07, 6.45) is 6.73. The number of carbonyl (C=O) groups is 1. The molecule has 0 unspecified atom stereocenters. The van der Waals surface area contributed by atoms with E-state index in [9.17, 15) is 4.79 Å². The molecule has 0 bridgehead atoms. The van der Waals surface area contributed by atoms with E-state index in [0.29, 0.717) is 0 Å². The van der Waals surface area contributed by atoms with Crippen LogP contribution in [0.3, 0.4) is 0 Å². The first-order valence-electron chi connectivity index (χ1n) is 6.02. The van der Waals surface area contributed by atoms with E-state index in [1.807, 2.05) is 6.07 Å². The molecule has 0 spiro atoms. The monoisotopic (exact) mass is 250 g/mol. The van der Waals surface area contributed by atoms with Crippen molar-refractivity contribution in [1.82, 2.24) is 0 Å². The predicted molar refractivity (Wildman–Crippen MR) is 75.2 cm³/mol. The van der Waals surface area contributed by atoms with E-state index >= 15 is 0 Å². The molecule has 1 fully saturated rings. The van der Waals surface area contributed by atoms with Gasteiger partial charge in [0.25, 0.3) is 0 Å². The third-order valence-electron chi connectivity index (χ3n) is 3.56. The molecule has 0 N–H and O–H groups in total. The average Bonchev–Trinajstić information content (AvgIpc) is 2.29. The highest BCUT2D eigenvalue weighted by molar-refractivity contribution is 7.97. The molecule has 0 atom stereocenters. The number of hydrogen-bond acceptors (Lipinski definition) is 1. The maximum atomic E-state index is 11.2. The maximum Gasteiger partial charge on any atom is 0.216 e. The number of benzene rings is 1. The van der Waals surface area contributed by atoms with Crippen molar-refractivity contribution in [3.63, 3.8) is 0 Å². The summed E-state index contributed by atoms with van der Waals surface area (Å²) in [5, 5.41) is 1.10. The molecular weight excluding hydrogens is 232 g/mol. The second kappa shape index (κ2) is 5.19. The lowest BCUT2D eigenvalue weighted by molar-refractivity contribution is 0.109. The van der Waals surface area contributed by atoms with Crippen LogP contribution in [0.15, 0.2) is 18.2 Å². The van der Waals surface area contributed by atoms with Crippen molar-refractivity contribution in [2.45, 2.75) is 38.0 Å². The first-order chi connectivity index (χ1) is 7.68. The zero-order valence-corrected chi connectivity index (χ0v) is 12.6. The fraction of sp³-hybridized carbons (Fsp3) is 0.462. The Balaban J connectivity index is 2.23. The van der Waals surface area contributed by atoms with Gasteiger partial charge in [-0.25, -0.2) is 0 Å². The molecule has 2 rings (SSSR count). The molecule has 0 aromatic heterocycles. The minimum absolute atomic E-state index is 0.0970. The van der Waals surface area contributed by atoms with Crippen LogP contribution in [0, 0.1) is 0 Å². The highest BCUT2D eigenvalue weighted by Crippen LogP contribution is 2.32. The summed E-state index contributed by atoms with van der Waals surface area (Å²) in [5.74, 6) is 0.727. The van der Waals surface area contributed by atoms with Crippen molar-refractivity contribution < 1.29 is 4.79 Å². The highest BCUT2D eigenvalue weighted by Gasteiger charge is 2.16. The largest absolute Gasteiger partial charge is 0.282 e. The van der Waals surface area contributed by atoms with Crippen LogP contribution in [0.4, 0.5) is 0 Å². The SMILES string of the molecule is O=C(S)c1ccc(C2CCCCC2)cc1[SiH3]. The molecule has 0 aliphatic heterocycles. The van der Waals surface area contributed by atoms with Crippen molar-refractivity contribution in [2.24, 2.45) is 0 Å². The van der Waals surface area contributed by atoms with Gasteiger partial charge in [-0.1, -0.05) is 42.6 Å². The summed E-state index contributed by atoms with van der Waals surface area (Å²) < 4.78 is 0. The number of rotatable bonds is 2. The van der Waals surface area contributed by atoms with Crippen molar-refractivity contribution in [3.05, 3.63) is 29.3 Å². The lowest BCUT2D eigenvalue weighted by Gasteiger charge is -2.22. The maximum absolute atomic E-state index is 11.2. The van der Waals surface area contributed by atoms with Crippen LogP contribution in [-0.4, -0.2) is 15.4 Å². The number of thiol groups is 1. The molecule has 16 heavy (non-hydrogen) atoms. The Morgan fingerprint density at radius 1 is 1.25 bits per heavy atom. The van der Waals surface area contributed by atoms with Gasteiger partial charge in [0, 0.05) is 15.8 Å². The predicted octanol–water partition coefficient (Wildman–Crippen LogP) is 1.80. The summed E-state index contributed by atoms with van der Waals surface area (Å²) in [6.45, 7) is 0. The smallest absolute Gasteiger partial charge is 0.216 e. The van der Waals surface area contributed by atoms with Crippen LogP contribution < -0.4 is 5.19 Å². The summed E-state index contributed by atoms with van der Waals surface area (Å²) in [6, 6.07) is 6.31.